The number of aldehydes is 1. The SMILES string of the molecule is O=C/C=C\C=C/NC(CCCC1CC1)c1ccc(F)cc1. The topological polar surface area (TPSA) is 29.1 Å². The summed E-state index contributed by atoms with van der Waals surface area (Å²) in [6.07, 6.45) is 13.8. The number of rotatable bonds is 9. The van der Waals surface area contributed by atoms with E-state index < -0.39 is 0 Å². The summed E-state index contributed by atoms with van der Waals surface area (Å²) in [5.74, 6) is 0.727. The fourth-order valence-corrected chi connectivity index (χ4v) is 2.40. The van der Waals surface area contributed by atoms with E-state index in [-0.39, 0.29) is 11.9 Å². The van der Waals surface area contributed by atoms with Crippen molar-refractivity contribution in [2.24, 2.45) is 5.92 Å². The van der Waals surface area contributed by atoms with E-state index in [2.05, 4.69) is 5.32 Å². The molecule has 1 aliphatic rings. The van der Waals surface area contributed by atoms with Crippen LogP contribution in [-0.4, -0.2) is 6.29 Å². The molecule has 112 valence electrons. The molecule has 21 heavy (non-hydrogen) atoms. The van der Waals surface area contributed by atoms with Crippen LogP contribution >= 0.6 is 0 Å². The lowest BCUT2D eigenvalue weighted by Gasteiger charge is -2.18. The van der Waals surface area contributed by atoms with Gasteiger partial charge in [0.1, 0.15) is 12.1 Å². The van der Waals surface area contributed by atoms with Crippen molar-refractivity contribution < 1.29 is 9.18 Å². The molecule has 0 radical (unpaired) electrons. The summed E-state index contributed by atoms with van der Waals surface area (Å²) in [6, 6.07) is 6.85. The van der Waals surface area contributed by atoms with Crippen LogP contribution in [-0.2, 0) is 4.79 Å². The maximum atomic E-state index is 13.0. The molecule has 1 saturated carbocycles. The van der Waals surface area contributed by atoms with Crippen molar-refractivity contribution in [3.63, 3.8) is 0 Å². The van der Waals surface area contributed by atoms with Crippen molar-refractivity contribution in [2.45, 2.75) is 38.1 Å². The third kappa shape index (κ3) is 5.94. The molecule has 2 nitrogen and oxygen atoms in total. The monoisotopic (exact) mass is 287 g/mol. The van der Waals surface area contributed by atoms with Crippen molar-refractivity contribution in [3.05, 3.63) is 60.1 Å². The molecular formula is C18H22FNO. The van der Waals surface area contributed by atoms with Crippen molar-refractivity contribution >= 4 is 6.29 Å². The van der Waals surface area contributed by atoms with E-state index in [9.17, 15) is 9.18 Å². The average molecular weight is 287 g/mol. The molecule has 0 amide bonds. The van der Waals surface area contributed by atoms with Gasteiger partial charge >= 0.3 is 0 Å². The second-order valence-electron chi connectivity index (χ2n) is 5.53. The first-order valence-corrected chi connectivity index (χ1v) is 7.58. The Hall–Kier alpha value is -1.90. The molecule has 0 aromatic heterocycles. The van der Waals surface area contributed by atoms with E-state index in [0.717, 1.165) is 24.2 Å². The molecular weight excluding hydrogens is 265 g/mol. The molecule has 1 fully saturated rings. The molecule has 0 aliphatic heterocycles. The van der Waals surface area contributed by atoms with Crippen molar-refractivity contribution in [1.82, 2.24) is 5.32 Å². The summed E-state index contributed by atoms with van der Waals surface area (Å²) in [6.45, 7) is 0. The molecule has 0 saturated heterocycles. The minimum Gasteiger partial charge on any atom is -0.384 e. The maximum Gasteiger partial charge on any atom is 0.142 e. The van der Waals surface area contributed by atoms with E-state index in [0.29, 0.717) is 0 Å². The summed E-state index contributed by atoms with van der Waals surface area (Å²) in [5.41, 5.74) is 1.09. The van der Waals surface area contributed by atoms with Gasteiger partial charge in [0.2, 0.25) is 0 Å². The van der Waals surface area contributed by atoms with Gasteiger partial charge in [0, 0.05) is 0 Å². The van der Waals surface area contributed by atoms with Gasteiger partial charge in [-0.3, -0.25) is 4.79 Å². The highest BCUT2D eigenvalue weighted by molar-refractivity contribution is 5.65. The Morgan fingerprint density at radius 3 is 2.62 bits per heavy atom. The molecule has 3 heteroatoms. The van der Waals surface area contributed by atoms with Crippen molar-refractivity contribution in [2.75, 3.05) is 0 Å². The highest BCUT2D eigenvalue weighted by atomic mass is 19.1. The molecule has 1 aromatic rings. The minimum absolute atomic E-state index is 0.185. The van der Waals surface area contributed by atoms with Crippen LogP contribution in [0, 0.1) is 11.7 Å². The first kappa shape index (κ1) is 15.5. The fourth-order valence-electron chi connectivity index (χ4n) is 2.40. The van der Waals surface area contributed by atoms with Gasteiger partial charge < -0.3 is 5.32 Å². The maximum absolute atomic E-state index is 13.0. The summed E-state index contributed by atoms with van der Waals surface area (Å²) in [5, 5.41) is 3.34. The van der Waals surface area contributed by atoms with Crippen LogP contribution < -0.4 is 5.32 Å². The van der Waals surface area contributed by atoms with Gasteiger partial charge in [-0.2, -0.15) is 0 Å². The van der Waals surface area contributed by atoms with Gasteiger partial charge in [-0.25, -0.2) is 4.39 Å². The predicted molar refractivity (Wildman–Crippen MR) is 83.2 cm³/mol. The van der Waals surface area contributed by atoms with E-state index in [1.165, 1.54) is 43.9 Å². The lowest BCUT2D eigenvalue weighted by molar-refractivity contribution is -0.104. The van der Waals surface area contributed by atoms with Crippen LogP contribution in [0.1, 0.15) is 43.7 Å². The number of carbonyl (C=O) groups excluding carboxylic acids is 1. The third-order valence-corrected chi connectivity index (χ3v) is 3.77. The Labute approximate surface area is 125 Å². The van der Waals surface area contributed by atoms with Crippen LogP contribution in [0.3, 0.4) is 0 Å². The van der Waals surface area contributed by atoms with Gasteiger partial charge in [-0.15, -0.1) is 0 Å². The van der Waals surface area contributed by atoms with Crippen molar-refractivity contribution in [1.29, 1.82) is 0 Å². The Kier molecular flexibility index (Phi) is 6.20. The highest BCUT2D eigenvalue weighted by Crippen LogP contribution is 2.35. The molecule has 1 aromatic carbocycles. The molecule has 1 aliphatic carbocycles. The first-order valence-electron chi connectivity index (χ1n) is 7.58. The van der Waals surface area contributed by atoms with Crippen LogP contribution in [0.15, 0.2) is 48.7 Å². The Bertz CT molecular complexity index is 488. The second-order valence-corrected chi connectivity index (χ2v) is 5.53. The van der Waals surface area contributed by atoms with Crippen molar-refractivity contribution in [3.8, 4) is 0 Å². The molecule has 1 N–H and O–H groups in total. The fraction of sp³-hybridized carbons (Fsp3) is 0.389. The van der Waals surface area contributed by atoms with Gasteiger partial charge in [-0.05, 0) is 48.4 Å². The number of carbonyl (C=O) groups is 1. The zero-order valence-electron chi connectivity index (χ0n) is 12.2. The number of halogens is 1. The highest BCUT2D eigenvalue weighted by Gasteiger charge is 2.21. The smallest absolute Gasteiger partial charge is 0.142 e. The van der Waals surface area contributed by atoms with E-state index in [1.807, 2.05) is 18.3 Å². The molecule has 1 unspecified atom stereocenters. The lowest BCUT2D eigenvalue weighted by Crippen LogP contribution is -2.15. The Morgan fingerprint density at radius 1 is 1.19 bits per heavy atom. The minimum atomic E-state index is -0.208. The van der Waals surface area contributed by atoms with Gasteiger partial charge in [0.25, 0.3) is 0 Å². The quantitative estimate of drug-likeness (QED) is 0.416. The average Bonchev–Trinajstić information content (AvgIpc) is 3.30. The molecule has 2 rings (SSSR count). The second kappa shape index (κ2) is 8.40. The van der Waals surface area contributed by atoms with Crippen LogP contribution in [0.4, 0.5) is 4.39 Å². The Morgan fingerprint density at radius 2 is 1.95 bits per heavy atom. The zero-order valence-corrected chi connectivity index (χ0v) is 12.2. The lowest BCUT2D eigenvalue weighted by atomic mass is 10.00. The van der Waals surface area contributed by atoms with Crippen LogP contribution in [0.25, 0.3) is 0 Å². The number of allylic oxidation sites excluding steroid dienone is 3. The summed E-state index contributed by atoms with van der Waals surface area (Å²) in [7, 11) is 0. The number of benzene rings is 1. The standard InChI is InChI=1S/C18H22FNO/c19-17-11-9-16(10-12-17)18(6-4-5-15-7-8-15)20-13-2-1-3-14-21/h1-3,9-15,18,20H,4-8H2/b3-1-,13-2-. The molecule has 0 spiro atoms. The summed E-state index contributed by atoms with van der Waals surface area (Å²) < 4.78 is 13.0. The van der Waals surface area contributed by atoms with E-state index in [4.69, 9.17) is 0 Å². The van der Waals surface area contributed by atoms with E-state index in [1.54, 1.807) is 12.2 Å². The normalized spacial score (nSPS) is 16.4. The zero-order chi connectivity index (χ0) is 14.9. The van der Waals surface area contributed by atoms with Gasteiger partial charge in [0.05, 0.1) is 6.04 Å². The Balaban J connectivity index is 1.90. The van der Waals surface area contributed by atoms with Crippen LogP contribution in [0.2, 0.25) is 0 Å². The number of hydrogen-bond donors (Lipinski definition) is 1. The summed E-state index contributed by atoms with van der Waals surface area (Å²) in [4.78, 5) is 10.2. The summed E-state index contributed by atoms with van der Waals surface area (Å²) >= 11 is 0. The third-order valence-electron chi connectivity index (χ3n) is 3.77. The first-order chi connectivity index (χ1) is 10.3. The van der Waals surface area contributed by atoms with Gasteiger partial charge in [-0.1, -0.05) is 43.9 Å². The van der Waals surface area contributed by atoms with E-state index >= 15 is 0 Å². The number of hydrogen-bond acceptors (Lipinski definition) is 2. The molecule has 1 atom stereocenters. The predicted octanol–water partition coefficient (Wildman–Crippen LogP) is 4.31. The number of nitrogens with one attached hydrogen (secondary N) is 1. The largest absolute Gasteiger partial charge is 0.384 e. The van der Waals surface area contributed by atoms with Crippen LogP contribution in [0.5, 0.6) is 0 Å². The molecule has 0 bridgehead atoms. The van der Waals surface area contributed by atoms with Gasteiger partial charge in [0.15, 0.2) is 0 Å². The molecule has 0 heterocycles.